The van der Waals surface area contributed by atoms with Gasteiger partial charge in [-0.1, -0.05) is 19.0 Å². The van der Waals surface area contributed by atoms with Crippen molar-refractivity contribution in [3.63, 3.8) is 0 Å². The van der Waals surface area contributed by atoms with Crippen molar-refractivity contribution in [3.05, 3.63) is 17.0 Å². The van der Waals surface area contributed by atoms with Gasteiger partial charge in [0.15, 0.2) is 0 Å². The van der Waals surface area contributed by atoms with E-state index in [0.717, 1.165) is 49.4 Å². The molecule has 108 valence electrons. The molecule has 5 nitrogen and oxygen atoms in total. The van der Waals surface area contributed by atoms with Crippen LogP contribution < -0.4 is 10.6 Å². The molecule has 1 aromatic rings. The highest BCUT2D eigenvalue weighted by molar-refractivity contribution is 5.85. The molecule has 1 fully saturated rings. The molecule has 2 rings (SSSR count). The number of aromatic nitrogens is 1. The second-order valence-corrected chi connectivity index (χ2v) is 4.65. The second-order valence-electron chi connectivity index (χ2n) is 4.65. The number of amides is 1. The number of rotatable bonds is 5. The Morgan fingerprint density at radius 3 is 2.84 bits per heavy atom. The van der Waals surface area contributed by atoms with Gasteiger partial charge in [0.05, 0.1) is 11.6 Å². The highest BCUT2D eigenvalue weighted by Gasteiger charge is 2.23. The van der Waals surface area contributed by atoms with E-state index >= 15 is 0 Å². The quantitative estimate of drug-likeness (QED) is 0.860. The minimum Gasteiger partial charge on any atom is -0.361 e. The maximum Gasteiger partial charge on any atom is 0.224 e. The van der Waals surface area contributed by atoms with Gasteiger partial charge < -0.3 is 15.2 Å². The summed E-state index contributed by atoms with van der Waals surface area (Å²) in [7, 11) is 0. The monoisotopic (exact) mass is 287 g/mol. The highest BCUT2D eigenvalue weighted by Crippen LogP contribution is 2.16. The Morgan fingerprint density at radius 2 is 2.26 bits per heavy atom. The molecule has 2 N–H and O–H groups in total. The average molecular weight is 288 g/mol. The summed E-state index contributed by atoms with van der Waals surface area (Å²) in [6.45, 7) is 6.34. The molecule has 1 unspecified atom stereocenters. The first-order valence-corrected chi connectivity index (χ1v) is 6.71. The van der Waals surface area contributed by atoms with Crippen LogP contribution in [0.4, 0.5) is 0 Å². The van der Waals surface area contributed by atoms with Crippen molar-refractivity contribution in [2.45, 2.75) is 39.7 Å². The normalized spacial score (nSPS) is 18.1. The van der Waals surface area contributed by atoms with Crippen molar-refractivity contribution in [2.24, 2.45) is 5.92 Å². The van der Waals surface area contributed by atoms with E-state index in [1.807, 2.05) is 13.8 Å². The Labute approximate surface area is 119 Å². The Balaban J connectivity index is 0.00000180. The SMILES string of the molecule is CCc1noc(CC)c1CNC(=O)C1CCNC1.Cl. The second kappa shape index (κ2) is 7.50. The lowest BCUT2D eigenvalue weighted by molar-refractivity contribution is -0.124. The van der Waals surface area contributed by atoms with Gasteiger partial charge in [0.25, 0.3) is 0 Å². The standard InChI is InChI=1S/C13H21N3O2.ClH/c1-3-11-10(12(4-2)18-16-11)8-15-13(17)9-5-6-14-7-9;/h9,14H,3-8H2,1-2H3,(H,15,17);1H. The zero-order chi connectivity index (χ0) is 13.0. The molecule has 0 bridgehead atoms. The zero-order valence-corrected chi connectivity index (χ0v) is 12.3. The lowest BCUT2D eigenvalue weighted by Gasteiger charge is -2.10. The van der Waals surface area contributed by atoms with Crippen molar-refractivity contribution in [1.29, 1.82) is 0 Å². The molecule has 0 spiro atoms. The first-order chi connectivity index (χ1) is 8.76. The van der Waals surface area contributed by atoms with Crippen molar-refractivity contribution >= 4 is 18.3 Å². The van der Waals surface area contributed by atoms with Gasteiger partial charge >= 0.3 is 0 Å². The van der Waals surface area contributed by atoms with Gasteiger partial charge in [-0.25, -0.2) is 0 Å². The predicted octanol–water partition coefficient (Wildman–Crippen LogP) is 1.45. The third kappa shape index (κ3) is 3.70. The Morgan fingerprint density at radius 1 is 1.47 bits per heavy atom. The molecule has 1 saturated heterocycles. The summed E-state index contributed by atoms with van der Waals surface area (Å²) < 4.78 is 5.28. The van der Waals surface area contributed by atoms with E-state index in [2.05, 4.69) is 15.8 Å². The van der Waals surface area contributed by atoms with Gasteiger partial charge in [-0.2, -0.15) is 0 Å². The van der Waals surface area contributed by atoms with E-state index < -0.39 is 0 Å². The molecule has 1 atom stereocenters. The summed E-state index contributed by atoms with van der Waals surface area (Å²) >= 11 is 0. The number of nitrogens with zero attached hydrogens (tertiary/aromatic N) is 1. The molecule has 1 aliphatic rings. The topological polar surface area (TPSA) is 67.2 Å². The summed E-state index contributed by atoms with van der Waals surface area (Å²) in [4.78, 5) is 11.9. The van der Waals surface area contributed by atoms with Crippen LogP contribution in [0.2, 0.25) is 0 Å². The van der Waals surface area contributed by atoms with E-state index in [1.54, 1.807) is 0 Å². The zero-order valence-electron chi connectivity index (χ0n) is 11.5. The molecule has 0 aliphatic carbocycles. The fourth-order valence-electron chi connectivity index (χ4n) is 2.34. The predicted molar refractivity (Wildman–Crippen MR) is 75.3 cm³/mol. The molecule has 0 aromatic carbocycles. The minimum absolute atomic E-state index is 0. The summed E-state index contributed by atoms with van der Waals surface area (Å²) in [6, 6.07) is 0. The highest BCUT2D eigenvalue weighted by atomic mass is 35.5. The van der Waals surface area contributed by atoms with Gasteiger partial charge in [-0.05, 0) is 19.4 Å². The Kier molecular flexibility index (Phi) is 6.31. The van der Waals surface area contributed by atoms with Crippen LogP contribution >= 0.6 is 12.4 Å². The van der Waals surface area contributed by atoms with Crippen molar-refractivity contribution in [2.75, 3.05) is 13.1 Å². The van der Waals surface area contributed by atoms with Crippen LogP contribution in [0.1, 0.15) is 37.3 Å². The largest absolute Gasteiger partial charge is 0.361 e. The summed E-state index contributed by atoms with van der Waals surface area (Å²) in [5, 5.41) is 10.2. The Bertz CT molecular complexity index is 393. The fourth-order valence-corrected chi connectivity index (χ4v) is 2.34. The smallest absolute Gasteiger partial charge is 0.224 e. The van der Waals surface area contributed by atoms with E-state index in [0.29, 0.717) is 6.54 Å². The van der Waals surface area contributed by atoms with Gasteiger partial charge in [0.2, 0.25) is 5.91 Å². The first-order valence-electron chi connectivity index (χ1n) is 6.71. The molecule has 2 heterocycles. The lowest BCUT2D eigenvalue weighted by Crippen LogP contribution is -2.31. The molecule has 1 aliphatic heterocycles. The maximum atomic E-state index is 11.9. The van der Waals surface area contributed by atoms with Crippen LogP contribution in [-0.2, 0) is 24.2 Å². The summed E-state index contributed by atoms with van der Waals surface area (Å²) in [6.07, 6.45) is 2.57. The molecule has 0 saturated carbocycles. The van der Waals surface area contributed by atoms with E-state index in [1.165, 1.54) is 0 Å². The summed E-state index contributed by atoms with van der Waals surface area (Å²) in [5.74, 6) is 1.13. The first kappa shape index (κ1) is 16.0. The number of nitrogens with one attached hydrogen (secondary N) is 2. The molecule has 0 radical (unpaired) electrons. The van der Waals surface area contributed by atoms with Gasteiger partial charge in [-0.3, -0.25) is 4.79 Å². The van der Waals surface area contributed by atoms with Crippen molar-refractivity contribution in [3.8, 4) is 0 Å². The van der Waals surface area contributed by atoms with E-state index in [-0.39, 0.29) is 24.2 Å². The number of carbonyl (C=O) groups is 1. The van der Waals surface area contributed by atoms with E-state index in [4.69, 9.17) is 4.52 Å². The molecule has 1 aromatic heterocycles. The number of aryl methyl sites for hydroxylation is 2. The average Bonchev–Trinajstić information content (AvgIpc) is 3.04. The van der Waals surface area contributed by atoms with Crippen LogP contribution in [0.5, 0.6) is 0 Å². The van der Waals surface area contributed by atoms with E-state index in [9.17, 15) is 4.79 Å². The van der Waals surface area contributed by atoms with Gasteiger partial charge in [0.1, 0.15) is 5.76 Å². The molecular formula is C13H22ClN3O2. The van der Waals surface area contributed by atoms with Crippen LogP contribution in [0.15, 0.2) is 4.52 Å². The summed E-state index contributed by atoms with van der Waals surface area (Å²) in [5.41, 5.74) is 2.01. The number of halogens is 1. The van der Waals surface area contributed by atoms with Crippen LogP contribution in [-0.4, -0.2) is 24.2 Å². The fraction of sp³-hybridized carbons (Fsp3) is 0.692. The molecule has 19 heavy (non-hydrogen) atoms. The van der Waals surface area contributed by atoms with Crippen LogP contribution in [0.25, 0.3) is 0 Å². The maximum absolute atomic E-state index is 11.9. The van der Waals surface area contributed by atoms with Crippen LogP contribution in [0, 0.1) is 5.92 Å². The third-order valence-electron chi connectivity index (χ3n) is 3.48. The molecule has 6 heteroatoms. The van der Waals surface area contributed by atoms with Crippen molar-refractivity contribution < 1.29 is 9.32 Å². The third-order valence-corrected chi connectivity index (χ3v) is 3.48. The van der Waals surface area contributed by atoms with Gasteiger partial charge in [-0.15, -0.1) is 12.4 Å². The molecule has 1 amide bonds. The Hall–Kier alpha value is -1.07. The van der Waals surface area contributed by atoms with Crippen molar-refractivity contribution in [1.82, 2.24) is 15.8 Å². The molecular weight excluding hydrogens is 266 g/mol. The number of carbonyl (C=O) groups excluding carboxylic acids is 1. The minimum atomic E-state index is 0. The lowest BCUT2D eigenvalue weighted by atomic mass is 10.1. The number of hydrogen-bond donors (Lipinski definition) is 2. The van der Waals surface area contributed by atoms with Gasteiger partial charge in [0, 0.05) is 25.1 Å². The van der Waals surface area contributed by atoms with Crippen LogP contribution in [0.3, 0.4) is 0 Å². The number of hydrogen-bond acceptors (Lipinski definition) is 4.